The number of aromatic nitrogens is 5. The minimum absolute atomic E-state index is 0.0155. The number of carbonyl (C=O) groups is 1. The number of carbonyl (C=O) groups excluding carboxylic acids is 1. The molecule has 0 saturated carbocycles. The van der Waals surface area contributed by atoms with Crippen molar-refractivity contribution in [3.8, 4) is 0 Å². The molecule has 0 aromatic carbocycles. The van der Waals surface area contributed by atoms with E-state index in [1.54, 1.807) is 10.9 Å². The van der Waals surface area contributed by atoms with Gasteiger partial charge in [0.1, 0.15) is 18.0 Å². The maximum atomic E-state index is 12.2. The Hall–Kier alpha value is -2.18. The normalized spacial score (nSPS) is 12.6. The van der Waals surface area contributed by atoms with E-state index in [0.29, 0.717) is 18.9 Å². The summed E-state index contributed by atoms with van der Waals surface area (Å²) in [6.07, 6.45) is 6.40. The molecule has 0 spiro atoms. The molecular formula is C15H24N6O. The lowest BCUT2D eigenvalue weighted by atomic mass is 10.0. The molecule has 1 unspecified atom stereocenters. The zero-order valence-corrected chi connectivity index (χ0v) is 13.7. The number of hydrogen-bond donors (Lipinski definition) is 1. The van der Waals surface area contributed by atoms with Crippen LogP contribution in [0.25, 0.3) is 0 Å². The SMILES string of the molecule is Cc1nccn1CCC(=O)NC(CC(C)C)c1ncnn1C. The highest BCUT2D eigenvalue weighted by Gasteiger charge is 2.20. The molecule has 2 rings (SSSR count). The minimum Gasteiger partial charge on any atom is -0.346 e. The molecule has 0 fully saturated rings. The highest BCUT2D eigenvalue weighted by atomic mass is 16.1. The number of nitrogens with zero attached hydrogens (tertiary/aromatic N) is 5. The lowest BCUT2D eigenvalue weighted by molar-refractivity contribution is -0.122. The van der Waals surface area contributed by atoms with Crippen molar-refractivity contribution in [3.63, 3.8) is 0 Å². The predicted molar refractivity (Wildman–Crippen MR) is 82.9 cm³/mol. The zero-order chi connectivity index (χ0) is 16.1. The molecule has 2 aromatic heterocycles. The molecule has 22 heavy (non-hydrogen) atoms. The van der Waals surface area contributed by atoms with E-state index in [0.717, 1.165) is 18.1 Å². The maximum absolute atomic E-state index is 12.2. The Bertz CT molecular complexity index is 615. The third kappa shape index (κ3) is 4.16. The van der Waals surface area contributed by atoms with E-state index < -0.39 is 0 Å². The van der Waals surface area contributed by atoms with Crippen LogP contribution in [0.15, 0.2) is 18.7 Å². The molecule has 0 aliphatic rings. The van der Waals surface area contributed by atoms with Crippen molar-refractivity contribution in [1.82, 2.24) is 29.6 Å². The Morgan fingerprint density at radius 3 is 2.68 bits per heavy atom. The number of rotatable bonds is 7. The van der Waals surface area contributed by atoms with E-state index >= 15 is 0 Å². The van der Waals surface area contributed by atoms with E-state index in [1.165, 1.54) is 6.33 Å². The van der Waals surface area contributed by atoms with Gasteiger partial charge in [0.05, 0.1) is 6.04 Å². The van der Waals surface area contributed by atoms with Gasteiger partial charge in [-0.1, -0.05) is 13.8 Å². The number of nitrogens with one attached hydrogen (secondary N) is 1. The van der Waals surface area contributed by atoms with Crippen molar-refractivity contribution in [2.75, 3.05) is 0 Å². The van der Waals surface area contributed by atoms with E-state index in [-0.39, 0.29) is 11.9 Å². The number of imidazole rings is 1. The Morgan fingerprint density at radius 1 is 1.36 bits per heavy atom. The van der Waals surface area contributed by atoms with E-state index in [2.05, 4.69) is 34.2 Å². The van der Waals surface area contributed by atoms with E-state index in [1.807, 2.05) is 24.7 Å². The first-order valence-corrected chi connectivity index (χ1v) is 7.58. The minimum atomic E-state index is -0.108. The van der Waals surface area contributed by atoms with Gasteiger partial charge in [0.25, 0.3) is 0 Å². The van der Waals surface area contributed by atoms with Gasteiger partial charge in [-0.25, -0.2) is 9.97 Å². The molecular weight excluding hydrogens is 280 g/mol. The molecule has 0 bridgehead atoms. The Kier molecular flexibility index (Phi) is 5.30. The summed E-state index contributed by atoms with van der Waals surface area (Å²) < 4.78 is 3.69. The number of amides is 1. The monoisotopic (exact) mass is 304 g/mol. The number of hydrogen-bond acceptors (Lipinski definition) is 4. The quantitative estimate of drug-likeness (QED) is 0.843. The van der Waals surface area contributed by atoms with Gasteiger partial charge in [-0.2, -0.15) is 5.10 Å². The maximum Gasteiger partial charge on any atom is 0.222 e. The lowest BCUT2D eigenvalue weighted by Crippen LogP contribution is -2.32. The van der Waals surface area contributed by atoms with E-state index in [4.69, 9.17) is 0 Å². The van der Waals surface area contributed by atoms with Gasteiger partial charge < -0.3 is 9.88 Å². The molecule has 1 atom stereocenters. The molecule has 1 amide bonds. The molecule has 7 nitrogen and oxygen atoms in total. The van der Waals surface area contributed by atoms with Crippen LogP contribution in [-0.2, 0) is 18.4 Å². The molecule has 7 heteroatoms. The average molecular weight is 304 g/mol. The Balaban J connectivity index is 1.96. The summed E-state index contributed by atoms with van der Waals surface area (Å²) in [7, 11) is 1.84. The van der Waals surface area contributed by atoms with Gasteiger partial charge >= 0.3 is 0 Å². The van der Waals surface area contributed by atoms with Gasteiger partial charge in [0, 0.05) is 32.4 Å². The fourth-order valence-electron chi connectivity index (χ4n) is 2.45. The average Bonchev–Trinajstić information content (AvgIpc) is 3.04. The third-order valence-corrected chi connectivity index (χ3v) is 3.60. The van der Waals surface area contributed by atoms with Gasteiger partial charge in [0.2, 0.25) is 5.91 Å². The second kappa shape index (κ2) is 7.20. The first-order valence-electron chi connectivity index (χ1n) is 7.58. The smallest absolute Gasteiger partial charge is 0.222 e. The topological polar surface area (TPSA) is 77.6 Å². The van der Waals surface area contributed by atoms with Crippen molar-refractivity contribution < 1.29 is 4.79 Å². The fraction of sp³-hybridized carbons (Fsp3) is 0.600. The van der Waals surface area contributed by atoms with Crippen LogP contribution < -0.4 is 5.32 Å². The van der Waals surface area contributed by atoms with Crippen molar-refractivity contribution in [2.45, 2.75) is 46.2 Å². The molecule has 0 aliphatic heterocycles. The largest absolute Gasteiger partial charge is 0.346 e. The summed E-state index contributed by atoms with van der Waals surface area (Å²) in [5.41, 5.74) is 0. The summed E-state index contributed by atoms with van der Waals surface area (Å²) in [6.45, 7) is 6.82. The zero-order valence-electron chi connectivity index (χ0n) is 13.7. The standard InChI is InChI=1S/C15H24N6O/c1-11(2)9-13(15-17-10-18-20(15)4)19-14(22)5-7-21-8-6-16-12(21)3/h6,8,10-11,13H,5,7,9H2,1-4H3,(H,19,22). The molecule has 0 radical (unpaired) electrons. The van der Waals surface area contributed by atoms with E-state index in [9.17, 15) is 4.79 Å². The van der Waals surface area contributed by atoms with Crippen LogP contribution in [0.4, 0.5) is 0 Å². The van der Waals surface area contributed by atoms with Gasteiger partial charge in [0.15, 0.2) is 0 Å². The van der Waals surface area contributed by atoms with Crippen LogP contribution in [0, 0.1) is 12.8 Å². The summed E-state index contributed by atoms with van der Waals surface area (Å²) >= 11 is 0. The predicted octanol–water partition coefficient (Wildman–Crippen LogP) is 1.61. The number of aryl methyl sites for hydroxylation is 3. The molecule has 2 heterocycles. The van der Waals surface area contributed by atoms with Crippen LogP contribution in [0.5, 0.6) is 0 Å². The summed E-state index contributed by atoms with van der Waals surface area (Å²) in [6, 6.07) is -0.108. The fourth-order valence-corrected chi connectivity index (χ4v) is 2.45. The second-order valence-electron chi connectivity index (χ2n) is 5.91. The molecule has 1 N–H and O–H groups in total. The van der Waals surface area contributed by atoms with Crippen LogP contribution in [-0.4, -0.2) is 30.2 Å². The van der Waals surface area contributed by atoms with Gasteiger partial charge in [-0.15, -0.1) is 0 Å². The summed E-state index contributed by atoms with van der Waals surface area (Å²) in [4.78, 5) is 20.7. The van der Waals surface area contributed by atoms with Crippen molar-refractivity contribution in [1.29, 1.82) is 0 Å². The molecule has 120 valence electrons. The molecule has 0 aliphatic carbocycles. The van der Waals surface area contributed by atoms with Crippen molar-refractivity contribution in [3.05, 3.63) is 30.4 Å². The lowest BCUT2D eigenvalue weighted by Gasteiger charge is -2.20. The molecule has 0 saturated heterocycles. The third-order valence-electron chi connectivity index (χ3n) is 3.60. The second-order valence-corrected chi connectivity index (χ2v) is 5.91. The van der Waals surface area contributed by atoms with Crippen molar-refractivity contribution in [2.24, 2.45) is 13.0 Å². The summed E-state index contributed by atoms with van der Waals surface area (Å²) in [5.74, 6) is 2.18. The highest BCUT2D eigenvalue weighted by Crippen LogP contribution is 2.19. The molecule has 2 aromatic rings. The first-order chi connectivity index (χ1) is 10.5. The Labute approximate surface area is 130 Å². The van der Waals surface area contributed by atoms with Crippen molar-refractivity contribution >= 4 is 5.91 Å². The highest BCUT2D eigenvalue weighted by molar-refractivity contribution is 5.76. The van der Waals surface area contributed by atoms with Crippen LogP contribution >= 0.6 is 0 Å². The van der Waals surface area contributed by atoms with Crippen LogP contribution in [0.3, 0.4) is 0 Å². The van der Waals surface area contributed by atoms with Crippen LogP contribution in [0.2, 0.25) is 0 Å². The Morgan fingerprint density at radius 2 is 2.14 bits per heavy atom. The summed E-state index contributed by atoms with van der Waals surface area (Å²) in [5, 5.41) is 7.17. The first kappa shape index (κ1) is 16.2. The van der Waals surface area contributed by atoms with Gasteiger partial charge in [-0.3, -0.25) is 9.48 Å². The van der Waals surface area contributed by atoms with Gasteiger partial charge in [-0.05, 0) is 19.3 Å². The van der Waals surface area contributed by atoms with Crippen LogP contribution in [0.1, 0.15) is 44.4 Å².